The van der Waals surface area contributed by atoms with E-state index in [4.69, 9.17) is 14.2 Å². The molecule has 0 spiro atoms. The van der Waals surface area contributed by atoms with Crippen molar-refractivity contribution >= 4 is 33.2 Å². The van der Waals surface area contributed by atoms with Gasteiger partial charge in [0.05, 0.1) is 12.1 Å². The van der Waals surface area contributed by atoms with Crippen LogP contribution < -0.4 is 14.8 Å². The number of aromatic nitrogens is 2. The van der Waals surface area contributed by atoms with E-state index in [-0.39, 0.29) is 0 Å². The molecule has 0 saturated heterocycles. The number of hydrogen-bond acceptors (Lipinski definition) is 6. The Kier molecular flexibility index (Phi) is 5.99. The number of fused-ring (bicyclic) bond motifs is 2. The molecule has 0 atom stereocenters. The number of nitrogens with one attached hydrogen (secondary N) is 1. The third kappa shape index (κ3) is 4.86. The van der Waals surface area contributed by atoms with Gasteiger partial charge in [-0.2, -0.15) is 9.97 Å². The highest BCUT2D eigenvalue weighted by Gasteiger charge is 2.09. The van der Waals surface area contributed by atoms with Crippen LogP contribution in [0.15, 0.2) is 91.0 Å². The highest BCUT2D eigenvalue weighted by atomic mass is 16.5. The Hall–Kier alpha value is -4.16. The molecule has 0 unspecified atom stereocenters. The summed E-state index contributed by atoms with van der Waals surface area (Å²) in [6.07, 6.45) is 0. The third-order valence-corrected chi connectivity index (χ3v) is 5.18. The highest BCUT2D eigenvalue weighted by Crippen LogP contribution is 2.29. The maximum atomic E-state index is 6.05. The summed E-state index contributed by atoms with van der Waals surface area (Å²) in [6, 6.07) is 30.2. The van der Waals surface area contributed by atoms with Gasteiger partial charge in [0.2, 0.25) is 0 Å². The van der Waals surface area contributed by atoms with Crippen molar-refractivity contribution in [1.82, 2.24) is 9.97 Å². The predicted octanol–water partition coefficient (Wildman–Crippen LogP) is 6.34. The van der Waals surface area contributed by atoms with Crippen LogP contribution >= 0.6 is 0 Å². The normalized spacial score (nSPS) is 10.9. The van der Waals surface area contributed by atoms with Gasteiger partial charge in [0.1, 0.15) is 23.9 Å². The van der Waals surface area contributed by atoms with E-state index < -0.39 is 0 Å². The number of para-hydroxylation sites is 1. The van der Waals surface area contributed by atoms with Crippen LogP contribution in [0.25, 0.3) is 21.7 Å². The zero-order valence-corrected chi connectivity index (χ0v) is 18.2. The van der Waals surface area contributed by atoms with Gasteiger partial charge in [0.15, 0.2) is 0 Å². The van der Waals surface area contributed by atoms with Gasteiger partial charge in [-0.3, -0.25) is 0 Å². The zero-order valence-electron chi connectivity index (χ0n) is 18.2. The summed E-state index contributed by atoms with van der Waals surface area (Å²) in [5.41, 5.74) is 1.69. The summed E-state index contributed by atoms with van der Waals surface area (Å²) < 4.78 is 16.7. The van der Waals surface area contributed by atoms with Crippen molar-refractivity contribution < 1.29 is 14.2 Å². The molecule has 0 bridgehead atoms. The molecule has 4 aromatic carbocycles. The molecule has 0 saturated carbocycles. The van der Waals surface area contributed by atoms with Gasteiger partial charge in [0.25, 0.3) is 0 Å². The van der Waals surface area contributed by atoms with Crippen molar-refractivity contribution in [2.75, 3.05) is 25.6 Å². The second-order valence-electron chi connectivity index (χ2n) is 7.47. The van der Waals surface area contributed by atoms with Crippen molar-refractivity contribution in [1.29, 1.82) is 0 Å². The lowest BCUT2D eigenvalue weighted by atomic mass is 10.1. The van der Waals surface area contributed by atoms with Crippen LogP contribution in [-0.2, 0) is 4.74 Å². The maximum absolute atomic E-state index is 6.05. The number of ether oxygens (including phenoxy) is 3. The number of benzene rings is 4. The Morgan fingerprint density at radius 3 is 2.33 bits per heavy atom. The summed E-state index contributed by atoms with van der Waals surface area (Å²) in [6.45, 7) is 0.854. The lowest BCUT2D eigenvalue weighted by Gasteiger charge is -2.12. The van der Waals surface area contributed by atoms with E-state index >= 15 is 0 Å². The molecule has 0 radical (unpaired) electrons. The summed E-state index contributed by atoms with van der Waals surface area (Å²) >= 11 is 0. The van der Waals surface area contributed by atoms with Crippen LogP contribution in [0.5, 0.6) is 17.5 Å². The Morgan fingerprint density at radius 2 is 1.48 bits per heavy atom. The minimum atomic E-state index is 0.310. The summed E-state index contributed by atoms with van der Waals surface area (Å²) in [5, 5.41) is 6.62. The van der Waals surface area contributed by atoms with Gasteiger partial charge in [-0.05, 0) is 59.3 Å². The van der Waals surface area contributed by atoms with Crippen molar-refractivity contribution in [2.24, 2.45) is 0 Å². The average Bonchev–Trinajstić information content (AvgIpc) is 2.85. The van der Waals surface area contributed by atoms with Crippen LogP contribution in [0.4, 0.5) is 11.5 Å². The van der Waals surface area contributed by atoms with Gasteiger partial charge in [-0.15, -0.1) is 0 Å². The second-order valence-corrected chi connectivity index (χ2v) is 7.47. The Labute approximate surface area is 191 Å². The first-order valence-corrected chi connectivity index (χ1v) is 10.7. The SMILES string of the molecule is COCCOc1nc(Nc2ccc(Oc3ccc4ccccc4c3)cc2)c2ccccc2n1. The Bertz CT molecular complexity index is 1390. The van der Waals surface area contributed by atoms with Crippen LogP contribution in [-0.4, -0.2) is 30.3 Å². The molecule has 0 aliphatic carbocycles. The smallest absolute Gasteiger partial charge is 0.319 e. The quantitative estimate of drug-likeness (QED) is 0.286. The van der Waals surface area contributed by atoms with Gasteiger partial charge >= 0.3 is 6.01 Å². The van der Waals surface area contributed by atoms with E-state index in [1.165, 1.54) is 5.39 Å². The van der Waals surface area contributed by atoms with Crippen molar-refractivity contribution in [3.05, 3.63) is 91.0 Å². The first kappa shape index (κ1) is 20.7. The molecule has 0 aliphatic rings. The first-order valence-electron chi connectivity index (χ1n) is 10.7. The minimum Gasteiger partial charge on any atom is -0.461 e. The van der Waals surface area contributed by atoms with E-state index in [1.54, 1.807) is 7.11 Å². The molecule has 0 amide bonds. The van der Waals surface area contributed by atoms with Crippen molar-refractivity contribution in [3.63, 3.8) is 0 Å². The van der Waals surface area contributed by atoms with Gasteiger partial charge in [-0.1, -0.05) is 42.5 Å². The number of rotatable bonds is 8. The van der Waals surface area contributed by atoms with Crippen LogP contribution in [0.2, 0.25) is 0 Å². The highest BCUT2D eigenvalue weighted by molar-refractivity contribution is 5.91. The molecule has 164 valence electrons. The maximum Gasteiger partial charge on any atom is 0.319 e. The monoisotopic (exact) mass is 437 g/mol. The number of nitrogens with zero attached hydrogens (tertiary/aromatic N) is 2. The van der Waals surface area contributed by atoms with Crippen LogP contribution in [0, 0.1) is 0 Å². The molecule has 5 rings (SSSR count). The molecule has 1 heterocycles. The molecule has 33 heavy (non-hydrogen) atoms. The summed E-state index contributed by atoms with van der Waals surface area (Å²) in [5.74, 6) is 2.23. The minimum absolute atomic E-state index is 0.310. The molecule has 6 nitrogen and oxygen atoms in total. The molecular weight excluding hydrogens is 414 g/mol. The van der Waals surface area contributed by atoms with Gasteiger partial charge in [0, 0.05) is 18.2 Å². The molecule has 0 aliphatic heterocycles. The molecule has 5 aromatic rings. The lowest BCUT2D eigenvalue weighted by molar-refractivity contribution is 0.141. The fraction of sp³-hybridized carbons (Fsp3) is 0.111. The molecule has 6 heteroatoms. The van der Waals surface area contributed by atoms with E-state index in [9.17, 15) is 0 Å². The Balaban J connectivity index is 1.35. The standard InChI is InChI=1S/C27H23N3O3/c1-31-16-17-32-27-29-25-9-5-4-8-24(25)26(30-27)28-21-11-14-22(15-12-21)33-23-13-10-19-6-2-3-7-20(19)18-23/h2-15,18H,16-17H2,1H3,(H,28,29,30). The second kappa shape index (κ2) is 9.54. The van der Waals surface area contributed by atoms with Crippen LogP contribution in [0.3, 0.4) is 0 Å². The largest absolute Gasteiger partial charge is 0.461 e. The van der Waals surface area contributed by atoms with Crippen LogP contribution in [0.1, 0.15) is 0 Å². The van der Waals surface area contributed by atoms with Crippen molar-refractivity contribution in [2.45, 2.75) is 0 Å². The molecule has 0 fully saturated rings. The van der Waals surface area contributed by atoms with E-state index in [2.05, 4.69) is 33.5 Å². The molecule has 1 N–H and O–H groups in total. The van der Waals surface area contributed by atoms with Gasteiger partial charge < -0.3 is 19.5 Å². The number of methoxy groups -OCH3 is 1. The fourth-order valence-electron chi connectivity index (χ4n) is 3.54. The lowest BCUT2D eigenvalue weighted by Crippen LogP contribution is -2.08. The number of anilines is 2. The summed E-state index contributed by atoms with van der Waals surface area (Å²) in [4.78, 5) is 9.04. The van der Waals surface area contributed by atoms with Gasteiger partial charge in [-0.25, -0.2) is 0 Å². The Morgan fingerprint density at radius 1 is 0.727 bits per heavy atom. The predicted molar refractivity (Wildman–Crippen MR) is 131 cm³/mol. The zero-order chi connectivity index (χ0) is 22.5. The van der Waals surface area contributed by atoms with Crippen molar-refractivity contribution in [3.8, 4) is 17.5 Å². The topological polar surface area (TPSA) is 65.5 Å². The molecule has 1 aromatic heterocycles. The summed E-state index contributed by atoms with van der Waals surface area (Å²) in [7, 11) is 1.63. The number of hydrogen-bond donors (Lipinski definition) is 1. The fourth-order valence-corrected chi connectivity index (χ4v) is 3.54. The molecular formula is C27H23N3O3. The van der Waals surface area contributed by atoms with E-state index in [0.717, 1.165) is 33.5 Å². The average molecular weight is 437 g/mol. The third-order valence-electron chi connectivity index (χ3n) is 5.18. The van der Waals surface area contributed by atoms with E-state index in [1.807, 2.05) is 72.8 Å². The van der Waals surface area contributed by atoms with E-state index in [0.29, 0.717) is 25.0 Å². The first-order chi connectivity index (χ1) is 16.3.